The lowest BCUT2D eigenvalue weighted by atomic mass is 10.2. The van der Waals surface area contributed by atoms with Crippen molar-refractivity contribution in [3.63, 3.8) is 0 Å². The number of carboxylic acids is 1. The Labute approximate surface area is 70.9 Å². The van der Waals surface area contributed by atoms with E-state index in [4.69, 9.17) is 5.11 Å². The summed E-state index contributed by atoms with van der Waals surface area (Å²) >= 11 is 0. The summed E-state index contributed by atoms with van der Waals surface area (Å²) in [6.07, 6.45) is 0.797. The SMILES string of the molecule is CCCC(NS(N)(=O)=O)C(=O)O. The lowest BCUT2D eigenvalue weighted by Crippen LogP contribution is -2.43. The monoisotopic (exact) mass is 196 g/mol. The summed E-state index contributed by atoms with van der Waals surface area (Å²) in [5, 5.41) is 13.1. The zero-order chi connectivity index (χ0) is 9.78. The van der Waals surface area contributed by atoms with E-state index in [0.717, 1.165) is 0 Å². The fourth-order valence-corrected chi connectivity index (χ4v) is 1.34. The Balaban J connectivity index is 4.24. The molecule has 0 aliphatic heterocycles. The van der Waals surface area contributed by atoms with Crippen molar-refractivity contribution in [3.05, 3.63) is 0 Å². The van der Waals surface area contributed by atoms with Gasteiger partial charge in [0.15, 0.2) is 0 Å². The molecular weight excluding hydrogens is 184 g/mol. The minimum atomic E-state index is -3.92. The van der Waals surface area contributed by atoms with Gasteiger partial charge in [-0.25, -0.2) is 5.14 Å². The lowest BCUT2D eigenvalue weighted by Gasteiger charge is -2.10. The quantitative estimate of drug-likeness (QED) is 0.525. The van der Waals surface area contributed by atoms with Gasteiger partial charge in [-0.15, -0.1) is 0 Å². The summed E-state index contributed by atoms with van der Waals surface area (Å²) in [5.74, 6) is -1.22. The van der Waals surface area contributed by atoms with Crippen LogP contribution in [0, 0.1) is 0 Å². The number of carbonyl (C=O) groups is 1. The third-order valence-corrected chi connectivity index (χ3v) is 1.80. The average Bonchev–Trinajstić information content (AvgIpc) is 1.83. The van der Waals surface area contributed by atoms with Gasteiger partial charge < -0.3 is 5.11 Å². The van der Waals surface area contributed by atoms with E-state index in [1.54, 1.807) is 6.92 Å². The van der Waals surface area contributed by atoms with Crippen molar-refractivity contribution in [3.8, 4) is 0 Å². The second-order valence-corrected chi connectivity index (χ2v) is 3.67. The molecule has 0 aromatic heterocycles. The fourth-order valence-electron chi connectivity index (χ4n) is 0.720. The molecule has 1 unspecified atom stereocenters. The maximum atomic E-state index is 10.4. The van der Waals surface area contributed by atoms with Crippen molar-refractivity contribution in [1.29, 1.82) is 0 Å². The Hall–Kier alpha value is -0.660. The average molecular weight is 196 g/mol. The zero-order valence-corrected chi connectivity index (χ0v) is 7.47. The molecule has 0 saturated carbocycles. The molecule has 0 radical (unpaired) electrons. The molecule has 0 aliphatic carbocycles. The molecule has 0 aromatic rings. The first-order chi connectivity index (χ1) is 5.37. The van der Waals surface area contributed by atoms with Gasteiger partial charge >= 0.3 is 5.97 Å². The van der Waals surface area contributed by atoms with E-state index >= 15 is 0 Å². The van der Waals surface area contributed by atoms with Gasteiger partial charge in [0.05, 0.1) is 0 Å². The summed E-state index contributed by atoms with van der Waals surface area (Å²) in [4.78, 5) is 10.4. The highest BCUT2D eigenvalue weighted by molar-refractivity contribution is 7.87. The minimum absolute atomic E-state index is 0.228. The molecule has 4 N–H and O–H groups in total. The number of nitrogens with two attached hydrogens (primary N) is 1. The van der Waals surface area contributed by atoms with Crippen molar-refractivity contribution in [2.45, 2.75) is 25.8 Å². The molecule has 12 heavy (non-hydrogen) atoms. The van der Waals surface area contributed by atoms with Crippen molar-refractivity contribution in [1.82, 2.24) is 4.72 Å². The van der Waals surface area contributed by atoms with Crippen LogP contribution < -0.4 is 9.86 Å². The van der Waals surface area contributed by atoms with E-state index in [-0.39, 0.29) is 6.42 Å². The molecule has 7 heteroatoms. The highest BCUT2D eigenvalue weighted by Gasteiger charge is 2.19. The Kier molecular flexibility index (Phi) is 4.15. The second-order valence-electron chi connectivity index (χ2n) is 2.34. The van der Waals surface area contributed by atoms with Crippen molar-refractivity contribution in [2.24, 2.45) is 5.14 Å². The molecular formula is C5H12N2O4S. The van der Waals surface area contributed by atoms with Crippen LogP contribution in [0.15, 0.2) is 0 Å². The lowest BCUT2D eigenvalue weighted by molar-refractivity contribution is -0.139. The van der Waals surface area contributed by atoms with Gasteiger partial charge in [-0.2, -0.15) is 13.1 Å². The standard InChI is InChI=1S/C5H12N2O4S/c1-2-3-4(5(8)9)7-12(6,10)11/h4,7H,2-3H2,1H3,(H,8,9)(H2,6,10,11). The second kappa shape index (κ2) is 4.39. The molecule has 0 amide bonds. The van der Waals surface area contributed by atoms with Gasteiger partial charge in [-0.05, 0) is 6.42 Å². The smallest absolute Gasteiger partial charge is 0.321 e. The molecule has 0 aliphatic rings. The largest absolute Gasteiger partial charge is 0.480 e. The molecule has 0 heterocycles. The number of hydrogen-bond acceptors (Lipinski definition) is 3. The van der Waals surface area contributed by atoms with Crippen molar-refractivity contribution in [2.75, 3.05) is 0 Å². The van der Waals surface area contributed by atoms with Crippen LogP contribution >= 0.6 is 0 Å². The Morgan fingerprint density at radius 3 is 2.42 bits per heavy atom. The zero-order valence-electron chi connectivity index (χ0n) is 6.65. The van der Waals surface area contributed by atoms with E-state index in [1.807, 2.05) is 4.72 Å². The van der Waals surface area contributed by atoms with Gasteiger partial charge in [0.2, 0.25) is 0 Å². The third-order valence-electron chi connectivity index (χ3n) is 1.18. The molecule has 0 bridgehead atoms. The molecule has 6 nitrogen and oxygen atoms in total. The Bertz CT molecular complexity index is 248. The summed E-state index contributed by atoms with van der Waals surface area (Å²) < 4.78 is 22.7. The van der Waals surface area contributed by atoms with Crippen molar-refractivity contribution < 1.29 is 18.3 Å². The highest BCUT2D eigenvalue weighted by Crippen LogP contribution is 1.97. The first kappa shape index (κ1) is 11.3. The molecule has 0 aromatic carbocycles. The first-order valence-electron chi connectivity index (χ1n) is 3.39. The maximum Gasteiger partial charge on any atom is 0.321 e. The van der Waals surface area contributed by atoms with Gasteiger partial charge in [0, 0.05) is 0 Å². The minimum Gasteiger partial charge on any atom is -0.480 e. The number of rotatable bonds is 5. The van der Waals surface area contributed by atoms with Crippen LogP contribution in [0.2, 0.25) is 0 Å². The normalized spacial score (nSPS) is 14.2. The van der Waals surface area contributed by atoms with Crippen molar-refractivity contribution >= 4 is 16.2 Å². The summed E-state index contributed by atoms with van der Waals surface area (Å²) in [6.45, 7) is 1.75. The number of nitrogens with one attached hydrogen (secondary N) is 1. The number of aliphatic carboxylic acids is 1. The molecule has 72 valence electrons. The Morgan fingerprint density at radius 2 is 2.17 bits per heavy atom. The number of hydrogen-bond donors (Lipinski definition) is 3. The van der Waals surface area contributed by atoms with Gasteiger partial charge in [0.25, 0.3) is 10.2 Å². The third kappa shape index (κ3) is 5.05. The van der Waals surface area contributed by atoms with Crippen LogP contribution in [0.3, 0.4) is 0 Å². The van der Waals surface area contributed by atoms with E-state index in [9.17, 15) is 13.2 Å². The molecule has 0 fully saturated rings. The molecule has 0 spiro atoms. The van der Waals surface area contributed by atoms with Crippen LogP contribution in [0.4, 0.5) is 0 Å². The van der Waals surface area contributed by atoms with Crippen LogP contribution in [-0.4, -0.2) is 25.5 Å². The van der Waals surface area contributed by atoms with E-state index < -0.39 is 22.2 Å². The number of carboxylic acid groups (broad SMARTS) is 1. The van der Waals surface area contributed by atoms with Gasteiger partial charge in [0.1, 0.15) is 6.04 Å². The Morgan fingerprint density at radius 1 is 1.67 bits per heavy atom. The fraction of sp³-hybridized carbons (Fsp3) is 0.800. The predicted molar refractivity (Wildman–Crippen MR) is 42.6 cm³/mol. The van der Waals surface area contributed by atoms with Crippen LogP contribution in [-0.2, 0) is 15.0 Å². The summed E-state index contributed by atoms with van der Waals surface area (Å²) in [6, 6.07) is -1.12. The summed E-state index contributed by atoms with van der Waals surface area (Å²) in [5.41, 5.74) is 0. The molecule has 0 rings (SSSR count). The van der Waals surface area contributed by atoms with Gasteiger partial charge in [-0.1, -0.05) is 13.3 Å². The van der Waals surface area contributed by atoms with Crippen LogP contribution in [0.5, 0.6) is 0 Å². The molecule has 1 atom stereocenters. The predicted octanol–water partition coefficient (Wildman–Crippen LogP) is -0.967. The highest BCUT2D eigenvalue weighted by atomic mass is 32.2. The summed E-state index contributed by atoms with van der Waals surface area (Å²) in [7, 11) is -3.92. The topological polar surface area (TPSA) is 109 Å². The van der Waals surface area contributed by atoms with E-state index in [2.05, 4.69) is 5.14 Å². The molecule has 0 saturated heterocycles. The van der Waals surface area contributed by atoms with E-state index in [1.165, 1.54) is 0 Å². The van der Waals surface area contributed by atoms with Crippen LogP contribution in [0.1, 0.15) is 19.8 Å². The first-order valence-corrected chi connectivity index (χ1v) is 4.94. The van der Waals surface area contributed by atoms with Gasteiger partial charge in [-0.3, -0.25) is 4.79 Å². The van der Waals surface area contributed by atoms with Crippen LogP contribution in [0.25, 0.3) is 0 Å². The maximum absolute atomic E-state index is 10.4. The van der Waals surface area contributed by atoms with E-state index in [0.29, 0.717) is 6.42 Å².